The quantitative estimate of drug-likeness (QED) is 0.486. The minimum Gasteiger partial charge on any atom is -0.383 e. The zero-order valence-corrected chi connectivity index (χ0v) is 12.2. The molecule has 0 spiro atoms. The number of nitrogens with two attached hydrogens (primary N) is 1. The molecule has 0 aromatic carbocycles. The van der Waals surface area contributed by atoms with Crippen molar-refractivity contribution in [1.29, 1.82) is 0 Å². The highest BCUT2D eigenvalue weighted by atomic mass is 32.2. The first-order valence-electron chi connectivity index (χ1n) is 6.01. The molecule has 0 saturated heterocycles. The van der Waals surface area contributed by atoms with Crippen molar-refractivity contribution in [2.45, 2.75) is 11.4 Å². The summed E-state index contributed by atoms with van der Waals surface area (Å²) in [5.74, 6) is 5.30. The molecular weight excluding hydrogens is 296 g/mol. The van der Waals surface area contributed by atoms with Gasteiger partial charge in [-0.2, -0.15) is 5.10 Å². The van der Waals surface area contributed by atoms with Crippen molar-refractivity contribution in [3.63, 3.8) is 0 Å². The zero-order chi connectivity index (χ0) is 15.3. The van der Waals surface area contributed by atoms with Gasteiger partial charge in [-0.05, 0) is 6.07 Å². The van der Waals surface area contributed by atoms with Gasteiger partial charge in [-0.15, -0.1) is 0 Å². The van der Waals surface area contributed by atoms with Gasteiger partial charge in [0.25, 0.3) is 10.0 Å². The number of nitrogens with zero attached hydrogens (tertiary/aromatic N) is 3. The van der Waals surface area contributed by atoms with Gasteiger partial charge < -0.3 is 10.2 Å². The molecule has 0 amide bonds. The third kappa shape index (κ3) is 3.68. The van der Waals surface area contributed by atoms with Gasteiger partial charge in [0.2, 0.25) is 0 Å². The second-order valence-corrected chi connectivity index (χ2v) is 5.76. The van der Waals surface area contributed by atoms with Crippen LogP contribution in [0.1, 0.15) is 0 Å². The standard InChI is InChI=1S/C11H16N6O3S/c1-20-5-4-17-8-9(6-14-17)16-21(18,19)11-7-13-3-2-10(11)15-12/h2-3,6-8,16H,4-5,12H2,1H3,(H,13,15). The number of hydrogen-bond acceptors (Lipinski definition) is 7. The largest absolute Gasteiger partial charge is 0.383 e. The molecule has 21 heavy (non-hydrogen) atoms. The van der Waals surface area contributed by atoms with Crippen LogP contribution in [-0.4, -0.2) is 36.9 Å². The van der Waals surface area contributed by atoms with Gasteiger partial charge in [0.05, 0.1) is 30.7 Å². The molecule has 10 heteroatoms. The van der Waals surface area contributed by atoms with Gasteiger partial charge in [-0.25, -0.2) is 8.42 Å². The van der Waals surface area contributed by atoms with E-state index < -0.39 is 10.0 Å². The van der Waals surface area contributed by atoms with E-state index in [1.54, 1.807) is 18.0 Å². The summed E-state index contributed by atoms with van der Waals surface area (Å²) in [6, 6.07) is 1.47. The van der Waals surface area contributed by atoms with Gasteiger partial charge >= 0.3 is 0 Å². The number of aromatic nitrogens is 3. The fourth-order valence-electron chi connectivity index (χ4n) is 1.65. The molecular formula is C11H16N6O3S. The van der Waals surface area contributed by atoms with Crippen LogP contribution < -0.4 is 16.0 Å². The van der Waals surface area contributed by atoms with E-state index in [1.807, 2.05) is 0 Å². The minimum absolute atomic E-state index is 0.0443. The Morgan fingerprint density at radius 3 is 2.95 bits per heavy atom. The topological polar surface area (TPSA) is 124 Å². The lowest BCUT2D eigenvalue weighted by atomic mass is 10.4. The van der Waals surface area contributed by atoms with E-state index in [9.17, 15) is 8.42 Å². The van der Waals surface area contributed by atoms with E-state index >= 15 is 0 Å². The molecule has 0 atom stereocenters. The SMILES string of the molecule is COCCn1cc(NS(=O)(=O)c2cnccc2NN)cn1. The second-order valence-electron chi connectivity index (χ2n) is 4.11. The molecule has 0 aliphatic carbocycles. The van der Waals surface area contributed by atoms with Crippen LogP contribution in [0, 0.1) is 0 Å². The number of hydrazine groups is 1. The Hall–Kier alpha value is -2.17. The van der Waals surface area contributed by atoms with Crippen molar-refractivity contribution in [1.82, 2.24) is 14.8 Å². The molecule has 9 nitrogen and oxygen atoms in total. The molecule has 2 heterocycles. The summed E-state index contributed by atoms with van der Waals surface area (Å²) < 4.78 is 33.5. The van der Waals surface area contributed by atoms with Crippen LogP contribution in [0.4, 0.5) is 11.4 Å². The van der Waals surface area contributed by atoms with Crippen LogP contribution in [0.3, 0.4) is 0 Å². The van der Waals surface area contributed by atoms with Crippen LogP contribution >= 0.6 is 0 Å². The Balaban J connectivity index is 2.19. The lowest BCUT2D eigenvalue weighted by Crippen LogP contribution is -2.17. The van der Waals surface area contributed by atoms with Crippen molar-refractivity contribution in [2.75, 3.05) is 23.9 Å². The van der Waals surface area contributed by atoms with Crippen molar-refractivity contribution in [3.8, 4) is 0 Å². The number of ether oxygens (including phenoxy) is 1. The van der Waals surface area contributed by atoms with Crippen LogP contribution in [0.25, 0.3) is 0 Å². The first-order chi connectivity index (χ1) is 10.1. The van der Waals surface area contributed by atoms with Crippen LogP contribution in [0.5, 0.6) is 0 Å². The molecule has 0 fully saturated rings. The Morgan fingerprint density at radius 1 is 1.43 bits per heavy atom. The number of pyridine rings is 1. The third-order valence-electron chi connectivity index (χ3n) is 2.64. The summed E-state index contributed by atoms with van der Waals surface area (Å²) in [5.41, 5.74) is 2.92. The maximum absolute atomic E-state index is 12.3. The summed E-state index contributed by atoms with van der Waals surface area (Å²) in [6.45, 7) is 1.01. The van der Waals surface area contributed by atoms with E-state index in [-0.39, 0.29) is 10.6 Å². The maximum Gasteiger partial charge on any atom is 0.265 e. The molecule has 2 aromatic heterocycles. The molecule has 114 valence electrons. The molecule has 0 aliphatic rings. The fraction of sp³-hybridized carbons (Fsp3) is 0.273. The highest BCUT2D eigenvalue weighted by molar-refractivity contribution is 7.92. The molecule has 2 aromatic rings. The predicted molar refractivity (Wildman–Crippen MR) is 77.0 cm³/mol. The smallest absolute Gasteiger partial charge is 0.265 e. The number of nitrogens with one attached hydrogen (secondary N) is 2. The number of sulfonamides is 1. The van der Waals surface area contributed by atoms with Crippen LogP contribution in [-0.2, 0) is 21.3 Å². The molecule has 0 unspecified atom stereocenters. The Morgan fingerprint density at radius 2 is 2.24 bits per heavy atom. The summed E-state index contributed by atoms with van der Waals surface area (Å²) >= 11 is 0. The first-order valence-corrected chi connectivity index (χ1v) is 7.50. The summed E-state index contributed by atoms with van der Waals surface area (Å²) in [5, 5.41) is 4.03. The number of nitrogen functional groups attached to an aromatic ring is 1. The average Bonchev–Trinajstić information content (AvgIpc) is 2.91. The van der Waals surface area contributed by atoms with Crippen molar-refractivity contribution >= 4 is 21.4 Å². The number of methoxy groups -OCH3 is 1. The van der Waals surface area contributed by atoms with E-state index in [0.29, 0.717) is 18.8 Å². The molecule has 0 aliphatic heterocycles. The monoisotopic (exact) mass is 312 g/mol. The summed E-state index contributed by atoms with van der Waals surface area (Å²) in [7, 11) is -2.22. The molecule has 0 bridgehead atoms. The van der Waals surface area contributed by atoms with Crippen molar-refractivity contribution < 1.29 is 13.2 Å². The Bertz CT molecular complexity index is 699. The minimum atomic E-state index is -3.80. The van der Waals surface area contributed by atoms with Gasteiger partial charge in [0.15, 0.2) is 0 Å². The third-order valence-corrected chi connectivity index (χ3v) is 4.05. The number of anilines is 2. The van der Waals surface area contributed by atoms with E-state index in [4.69, 9.17) is 10.6 Å². The van der Waals surface area contributed by atoms with Crippen LogP contribution in [0.15, 0.2) is 35.7 Å². The first kappa shape index (κ1) is 15.2. The average molecular weight is 312 g/mol. The van der Waals surface area contributed by atoms with Gasteiger partial charge in [0.1, 0.15) is 4.90 Å². The van der Waals surface area contributed by atoms with Gasteiger partial charge in [-0.3, -0.25) is 20.2 Å². The molecule has 4 N–H and O–H groups in total. The summed E-state index contributed by atoms with van der Waals surface area (Å²) in [6.07, 6.45) is 5.64. The number of hydrogen-bond donors (Lipinski definition) is 3. The number of rotatable bonds is 7. The molecule has 0 saturated carbocycles. The Kier molecular flexibility index (Phi) is 4.73. The normalized spacial score (nSPS) is 11.3. The zero-order valence-electron chi connectivity index (χ0n) is 11.4. The maximum atomic E-state index is 12.3. The highest BCUT2D eigenvalue weighted by Gasteiger charge is 2.19. The highest BCUT2D eigenvalue weighted by Crippen LogP contribution is 2.21. The van der Waals surface area contributed by atoms with E-state index in [2.05, 4.69) is 20.2 Å². The second kappa shape index (κ2) is 6.52. The van der Waals surface area contributed by atoms with Gasteiger partial charge in [-0.1, -0.05) is 0 Å². The van der Waals surface area contributed by atoms with E-state index in [1.165, 1.54) is 24.7 Å². The fourth-order valence-corrected chi connectivity index (χ4v) is 2.79. The van der Waals surface area contributed by atoms with Crippen molar-refractivity contribution in [3.05, 3.63) is 30.9 Å². The predicted octanol–water partition coefficient (Wildman–Crippen LogP) is 0.0109. The Labute approximate surface area is 122 Å². The van der Waals surface area contributed by atoms with E-state index in [0.717, 1.165) is 0 Å². The lowest BCUT2D eigenvalue weighted by molar-refractivity contribution is 0.183. The van der Waals surface area contributed by atoms with Crippen molar-refractivity contribution in [2.24, 2.45) is 5.84 Å². The van der Waals surface area contributed by atoms with Crippen LogP contribution in [0.2, 0.25) is 0 Å². The summed E-state index contributed by atoms with van der Waals surface area (Å²) in [4.78, 5) is 3.75. The lowest BCUT2D eigenvalue weighted by Gasteiger charge is -2.09. The van der Waals surface area contributed by atoms with Gasteiger partial charge in [0, 0.05) is 25.7 Å². The molecule has 2 rings (SSSR count). The molecule has 0 radical (unpaired) electrons.